The standard InChI is InChI=1S/C5H10BrClO3/c1-8-5(9-2,10-3)4(6)7/h4H,1-3H3. The summed E-state index contributed by atoms with van der Waals surface area (Å²) in [6.07, 6.45) is 0. The lowest BCUT2D eigenvalue weighted by Crippen LogP contribution is -2.42. The van der Waals surface area contributed by atoms with Gasteiger partial charge in [-0.3, -0.25) is 0 Å². The SMILES string of the molecule is COC(OC)(OC)C(Cl)Br. The summed E-state index contributed by atoms with van der Waals surface area (Å²) in [6.45, 7) is 0. The van der Waals surface area contributed by atoms with Crippen molar-refractivity contribution in [2.45, 2.75) is 10.3 Å². The first-order chi connectivity index (χ1) is 4.63. The van der Waals surface area contributed by atoms with E-state index in [9.17, 15) is 0 Å². The normalized spacial score (nSPS) is 15.3. The zero-order chi connectivity index (χ0) is 8.20. The number of methoxy groups -OCH3 is 3. The number of rotatable bonds is 4. The van der Waals surface area contributed by atoms with Gasteiger partial charge in [-0.2, -0.15) is 0 Å². The van der Waals surface area contributed by atoms with Crippen molar-refractivity contribution in [3.8, 4) is 0 Å². The lowest BCUT2D eigenvalue weighted by Gasteiger charge is -2.29. The van der Waals surface area contributed by atoms with Crippen LogP contribution in [0, 0.1) is 0 Å². The third kappa shape index (κ3) is 2.07. The fraction of sp³-hybridized carbons (Fsp3) is 1.00. The van der Waals surface area contributed by atoms with E-state index in [1.165, 1.54) is 21.3 Å². The van der Waals surface area contributed by atoms with E-state index in [2.05, 4.69) is 15.9 Å². The highest BCUT2D eigenvalue weighted by molar-refractivity contribution is 9.10. The zero-order valence-electron chi connectivity index (χ0n) is 6.06. The van der Waals surface area contributed by atoms with Gasteiger partial charge < -0.3 is 14.2 Å². The van der Waals surface area contributed by atoms with Crippen LogP contribution in [0.1, 0.15) is 0 Å². The Balaban J connectivity index is 4.15. The fourth-order valence-corrected chi connectivity index (χ4v) is 1.35. The van der Waals surface area contributed by atoms with E-state index < -0.39 is 10.3 Å². The minimum Gasteiger partial charge on any atom is -0.329 e. The molecule has 1 atom stereocenters. The Labute approximate surface area is 73.7 Å². The Morgan fingerprint density at radius 1 is 1.20 bits per heavy atom. The maximum atomic E-state index is 5.64. The smallest absolute Gasteiger partial charge is 0.310 e. The average Bonchev–Trinajstić information content (AvgIpc) is 1.92. The van der Waals surface area contributed by atoms with E-state index in [1.807, 2.05) is 0 Å². The Kier molecular flexibility index (Phi) is 4.81. The van der Waals surface area contributed by atoms with Crippen molar-refractivity contribution in [2.75, 3.05) is 21.3 Å². The van der Waals surface area contributed by atoms with E-state index in [4.69, 9.17) is 25.8 Å². The number of ether oxygens (including phenoxy) is 3. The largest absolute Gasteiger partial charge is 0.329 e. The first-order valence-electron chi connectivity index (χ1n) is 2.56. The molecule has 0 aromatic carbocycles. The second-order valence-electron chi connectivity index (χ2n) is 1.52. The predicted molar refractivity (Wildman–Crippen MR) is 42.3 cm³/mol. The van der Waals surface area contributed by atoms with Crippen LogP contribution < -0.4 is 0 Å². The average molecular weight is 233 g/mol. The molecule has 5 heteroatoms. The Bertz CT molecular complexity index is 86.6. The third-order valence-corrected chi connectivity index (χ3v) is 1.95. The highest BCUT2D eigenvalue weighted by Crippen LogP contribution is 2.26. The summed E-state index contributed by atoms with van der Waals surface area (Å²) >= 11 is 8.71. The van der Waals surface area contributed by atoms with E-state index in [0.29, 0.717) is 0 Å². The topological polar surface area (TPSA) is 27.7 Å². The molecule has 0 spiro atoms. The van der Waals surface area contributed by atoms with Gasteiger partial charge in [0.05, 0.1) is 0 Å². The van der Waals surface area contributed by atoms with Crippen LogP contribution in [0.2, 0.25) is 0 Å². The van der Waals surface area contributed by atoms with Gasteiger partial charge in [0.1, 0.15) is 0 Å². The molecule has 1 unspecified atom stereocenters. The molecule has 0 heterocycles. The highest BCUT2D eigenvalue weighted by Gasteiger charge is 2.37. The second-order valence-corrected chi connectivity index (χ2v) is 3.40. The molecule has 3 nitrogen and oxygen atoms in total. The van der Waals surface area contributed by atoms with E-state index in [-0.39, 0.29) is 0 Å². The van der Waals surface area contributed by atoms with Crippen LogP contribution in [0.4, 0.5) is 0 Å². The summed E-state index contributed by atoms with van der Waals surface area (Å²) in [5, 5.41) is 0. The van der Waals surface area contributed by atoms with Crippen LogP contribution in [-0.2, 0) is 14.2 Å². The molecule has 62 valence electrons. The highest BCUT2D eigenvalue weighted by atomic mass is 79.9. The number of hydrogen-bond acceptors (Lipinski definition) is 3. The molecule has 10 heavy (non-hydrogen) atoms. The zero-order valence-corrected chi connectivity index (χ0v) is 8.40. The molecule has 0 saturated heterocycles. The van der Waals surface area contributed by atoms with Crippen LogP contribution in [0.5, 0.6) is 0 Å². The maximum absolute atomic E-state index is 5.64. The van der Waals surface area contributed by atoms with Crippen LogP contribution in [0.3, 0.4) is 0 Å². The summed E-state index contributed by atoms with van der Waals surface area (Å²) in [6, 6.07) is 0. The van der Waals surface area contributed by atoms with Gasteiger partial charge in [0.15, 0.2) is 4.29 Å². The summed E-state index contributed by atoms with van der Waals surface area (Å²) in [7, 11) is 4.34. The van der Waals surface area contributed by atoms with Gasteiger partial charge in [0.2, 0.25) is 0 Å². The van der Waals surface area contributed by atoms with E-state index in [1.54, 1.807) is 0 Å². The number of alkyl halides is 2. The first-order valence-corrected chi connectivity index (χ1v) is 3.91. The van der Waals surface area contributed by atoms with Gasteiger partial charge >= 0.3 is 5.97 Å². The Morgan fingerprint density at radius 2 is 1.50 bits per heavy atom. The van der Waals surface area contributed by atoms with Gasteiger partial charge in [0.25, 0.3) is 0 Å². The lowest BCUT2D eigenvalue weighted by atomic mass is 10.6. The molecule has 0 saturated carbocycles. The summed E-state index contributed by atoms with van der Waals surface area (Å²) in [5.74, 6) is -1.19. The van der Waals surface area contributed by atoms with Gasteiger partial charge in [-0.05, 0) is 0 Å². The molecule has 0 aromatic heterocycles. The monoisotopic (exact) mass is 232 g/mol. The second kappa shape index (κ2) is 4.51. The van der Waals surface area contributed by atoms with Crippen molar-refractivity contribution in [2.24, 2.45) is 0 Å². The van der Waals surface area contributed by atoms with Crippen LogP contribution >= 0.6 is 27.5 Å². The fourth-order valence-electron chi connectivity index (χ4n) is 0.517. The molecule has 0 aromatic rings. The summed E-state index contributed by atoms with van der Waals surface area (Å²) in [4.78, 5) is 0. The molecule has 0 rings (SSSR count). The Hall–Kier alpha value is 0.650. The molecule has 0 radical (unpaired) electrons. The van der Waals surface area contributed by atoms with Gasteiger partial charge in [-0.25, -0.2) is 0 Å². The molecule has 0 fully saturated rings. The molecule has 0 bridgehead atoms. The predicted octanol–water partition coefficient (Wildman–Crippen LogP) is 1.54. The molecular weight excluding hydrogens is 223 g/mol. The van der Waals surface area contributed by atoms with Crippen LogP contribution in [0.25, 0.3) is 0 Å². The van der Waals surface area contributed by atoms with Crippen LogP contribution in [-0.4, -0.2) is 31.6 Å². The minimum atomic E-state index is -1.19. The molecule has 0 aliphatic carbocycles. The van der Waals surface area contributed by atoms with Gasteiger partial charge in [-0.1, -0.05) is 15.9 Å². The maximum Gasteiger partial charge on any atom is 0.310 e. The lowest BCUT2D eigenvalue weighted by molar-refractivity contribution is -0.341. The molecular formula is C5H10BrClO3. The van der Waals surface area contributed by atoms with E-state index in [0.717, 1.165) is 0 Å². The van der Waals surface area contributed by atoms with Crippen molar-refractivity contribution >= 4 is 27.5 Å². The van der Waals surface area contributed by atoms with Crippen molar-refractivity contribution < 1.29 is 14.2 Å². The molecule has 0 aliphatic heterocycles. The van der Waals surface area contributed by atoms with Crippen molar-refractivity contribution in [1.29, 1.82) is 0 Å². The van der Waals surface area contributed by atoms with Crippen molar-refractivity contribution in [3.05, 3.63) is 0 Å². The van der Waals surface area contributed by atoms with Crippen LogP contribution in [0.15, 0.2) is 0 Å². The van der Waals surface area contributed by atoms with Gasteiger partial charge in [0, 0.05) is 21.3 Å². The summed E-state index contributed by atoms with van der Waals surface area (Å²) in [5.41, 5.74) is 0. The summed E-state index contributed by atoms with van der Waals surface area (Å²) < 4.78 is 14.1. The minimum absolute atomic E-state index is 0.542. The van der Waals surface area contributed by atoms with E-state index >= 15 is 0 Å². The van der Waals surface area contributed by atoms with Crippen molar-refractivity contribution in [3.63, 3.8) is 0 Å². The molecule has 0 N–H and O–H groups in total. The molecule has 0 amide bonds. The Morgan fingerprint density at radius 3 is 1.50 bits per heavy atom. The number of halogens is 2. The quantitative estimate of drug-likeness (QED) is 0.545. The van der Waals surface area contributed by atoms with Gasteiger partial charge in [-0.15, -0.1) is 11.6 Å². The molecule has 0 aliphatic rings. The third-order valence-electron chi connectivity index (χ3n) is 1.12. The van der Waals surface area contributed by atoms with Crippen molar-refractivity contribution in [1.82, 2.24) is 0 Å². The number of hydrogen-bond donors (Lipinski definition) is 0. The first kappa shape index (κ1) is 10.7.